The third kappa shape index (κ3) is 4.00. The molecule has 0 bridgehead atoms. The summed E-state index contributed by atoms with van der Waals surface area (Å²) in [6.45, 7) is 1.42. The number of rotatable bonds is 4. The van der Waals surface area contributed by atoms with E-state index in [9.17, 15) is 14.0 Å². The molecular formula is C21H13ClFN3O3S. The van der Waals surface area contributed by atoms with Crippen molar-refractivity contribution in [1.29, 1.82) is 0 Å². The average Bonchev–Trinajstić information content (AvgIpc) is 3.29. The second kappa shape index (κ2) is 8.17. The van der Waals surface area contributed by atoms with Gasteiger partial charge in [0.15, 0.2) is 10.8 Å². The van der Waals surface area contributed by atoms with Crippen molar-refractivity contribution < 1.29 is 18.7 Å². The SMILES string of the molecule is CC(=O)N(c1cccc(Cl)c1)c1nc(/C=C2/N=C(c3ccccc3F)OC2=O)cs1. The molecule has 0 radical (unpaired) electrons. The smallest absolute Gasteiger partial charge is 0.363 e. The normalized spacial score (nSPS) is 14.6. The van der Waals surface area contributed by atoms with Crippen LogP contribution in [0.15, 0.2) is 64.6 Å². The number of esters is 1. The third-order valence-corrected chi connectivity index (χ3v) is 5.17. The average molecular weight is 442 g/mol. The number of carbonyl (C=O) groups excluding carboxylic acids is 2. The first-order valence-corrected chi connectivity index (χ1v) is 9.97. The Hall–Kier alpha value is -3.36. The lowest BCUT2D eigenvalue weighted by atomic mass is 10.2. The molecule has 1 aliphatic rings. The summed E-state index contributed by atoms with van der Waals surface area (Å²) in [5.41, 5.74) is 1.07. The molecule has 1 aliphatic heterocycles. The Balaban J connectivity index is 1.65. The molecule has 1 amide bonds. The lowest BCUT2D eigenvalue weighted by Gasteiger charge is -2.18. The van der Waals surface area contributed by atoms with E-state index in [1.54, 1.807) is 35.7 Å². The van der Waals surface area contributed by atoms with Crippen molar-refractivity contribution in [3.63, 3.8) is 0 Å². The maximum absolute atomic E-state index is 13.9. The number of hydrogen-bond donors (Lipinski definition) is 0. The van der Waals surface area contributed by atoms with Crippen LogP contribution in [0.5, 0.6) is 0 Å². The van der Waals surface area contributed by atoms with E-state index in [4.69, 9.17) is 16.3 Å². The van der Waals surface area contributed by atoms with Crippen LogP contribution in [0.3, 0.4) is 0 Å². The lowest BCUT2D eigenvalue weighted by Crippen LogP contribution is -2.22. The molecule has 3 aromatic rings. The summed E-state index contributed by atoms with van der Waals surface area (Å²) in [6.07, 6.45) is 1.42. The fourth-order valence-corrected chi connectivity index (χ4v) is 3.82. The van der Waals surface area contributed by atoms with Crippen LogP contribution in [0.1, 0.15) is 18.2 Å². The van der Waals surface area contributed by atoms with Crippen molar-refractivity contribution in [2.45, 2.75) is 6.92 Å². The van der Waals surface area contributed by atoms with Gasteiger partial charge < -0.3 is 4.74 Å². The topological polar surface area (TPSA) is 71.9 Å². The van der Waals surface area contributed by atoms with Crippen LogP contribution >= 0.6 is 22.9 Å². The standard InChI is InChI=1S/C21H13ClFN3O3S/c1-12(27)26(15-6-4-5-13(22)9-15)21-24-14(11-30-21)10-18-20(28)29-19(25-18)16-7-2-3-8-17(16)23/h2-11H,1H3/b18-10+. The number of aromatic nitrogens is 1. The van der Waals surface area contributed by atoms with Crippen molar-refractivity contribution in [2.24, 2.45) is 4.99 Å². The maximum atomic E-state index is 13.9. The molecule has 9 heteroatoms. The van der Waals surface area contributed by atoms with Gasteiger partial charge in [0.2, 0.25) is 11.8 Å². The van der Waals surface area contributed by atoms with E-state index in [0.29, 0.717) is 21.5 Å². The van der Waals surface area contributed by atoms with Crippen LogP contribution in [0.2, 0.25) is 5.02 Å². The number of nitrogens with zero attached hydrogens (tertiary/aromatic N) is 3. The molecule has 0 unspecified atom stereocenters. The zero-order valence-corrected chi connectivity index (χ0v) is 17.1. The van der Waals surface area contributed by atoms with Gasteiger partial charge in [-0.2, -0.15) is 0 Å². The minimum Gasteiger partial charge on any atom is -0.402 e. The Bertz CT molecular complexity index is 1220. The molecule has 0 aliphatic carbocycles. The van der Waals surface area contributed by atoms with Crippen molar-refractivity contribution in [3.05, 3.63) is 81.7 Å². The number of anilines is 2. The highest BCUT2D eigenvalue weighted by Crippen LogP contribution is 2.31. The second-order valence-corrected chi connectivity index (χ2v) is 7.48. The Morgan fingerprint density at radius 1 is 1.23 bits per heavy atom. The number of thiazole rings is 1. The Labute approximate surface area is 179 Å². The predicted octanol–water partition coefficient (Wildman–Crippen LogP) is 4.96. The molecule has 4 rings (SSSR count). The molecule has 1 aromatic heterocycles. The second-order valence-electron chi connectivity index (χ2n) is 6.21. The van der Waals surface area contributed by atoms with E-state index in [2.05, 4.69) is 9.98 Å². The summed E-state index contributed by atoms with van der Waals surface area (Å²) >= 11 is 7.25. The fraction of sp³-hybridized carbons (Fsp3) is 0.0476. The van der Waals surface area contributed by atoms with Crippen molar-refractivity contribution in [3.8, 4) is 0 Å². The molecule has 0 N–H and O–H groups in total. The molecule has 0 fully saturated rings. The molecule has 0 atom stereocenters. The minimum atomic E-state index is -0.707. The van der Waals surface area contributed by atoms with Gasteiger partial charge in [0.1, 0.15) is 5.82 Å². The van der Waals surface area contributed by atoms with Crippen molar-refractivity contribution >= 4 is 57.6 Å². The zero-order chi connectivity index (χ0) is 21.3. The Morgan fingerprint density at radius 2 is 2.03 bits per heavy atom. The molecule has 150 valence electrons. The van der Waals surface area contributed by atoms with Crippen LogP contribution < -0.4 is 4.90 Å². The molecular weight excluding hydrogens is 429 g/mol. The molecule has 2 aromatic carbocycles. The Morgan fingerprint density at radius 3 is 2.77 bits per heavy atom. The molecule has 6 nitrogen and oxygen atoms in total. The maximum Gasteiger partial charge on any atom is 0.363 e. The van der Waals surface area contributed by atoms with E-state index in [1.165, 1.54) is 47.4 Å². The number of carbonyl (C=O) groups is 2. The van der Waals surface area contributed by atoms with Gasteiger partial charge in [-0.25, -0.2) is 19.2 Å². The van der Waals surface area contributed by atoms with Crippen LogP contribution in [0.4, 0.5) is 15.2 Å². The highest BCUT2D eigenvalue weighted by atomic mass is 35.5. The number of halogens is 2. The number of amides is 1. The molecule has 0 saturated carbocycles. The van der Waals surface area contributed by atoms with Gasteiger partial charge in [-0.05, 0) is 36.4 Å². The van der Waals surface area contributed by atoms with Gasteiger partial charge in [-0.3, -0.25) is 9.69 Å². The van der Waals surface area contributed by atoms with Crippen LogP contribution in [-0.4, -0.2) is 22.8 Å². The number of ether oxygens (including phenoxy) is 1. The van der Waals surface area contributed by atoms with Gasteiger partial charge in [-0.1, -0.05) is 29.8 Å². The predicted molar refractivity (Wildman–Crippen MR) is 113 cm³/mol. The highest BCUT2D eigenvalue weighted by Gasteiger charge is 2.26. The molecule has 0 saturated heterocycles. The van der Waals surface area contributed by atoms with Crippen molar-refractivity contribution in [2.75, 3.05) is 4.90 Å². The number of benzene rings is 2. The minimum absolute atomic E-state index is 0.0118. The summed E-state index contributed by atoms with van der Waals surface area (Å²) in [7, 11) is 0. The van der Waals surface area contributed by atoms with Gasteiger partial charge in [0, 0.05) is 17.3 Å². The van der Waals surface area contributed by atoms with E-state index in [1.807, 2.05) is 0 Å². The summed E-state index contributed by atoms with van der Waals surface area (Å²) in [5, 5.41) is 2.56. The number of aliphatic imine (C=N–C) groups is 1. The van der Waals surface area contributed by atoms with Crippen LogP contribution in [0, 0.1) is 5.82 Å². The molecule has 0 spiro atoms. The van der Waals surface area contributed by atoms with E-state index >= 15 is 0 Å². The number of hydrogen-bond acceptors (Lipinski definition) is 6. The van der Waals surface area contributed by atoms with E-state index in [0.717, 1.165) is 0 Å². The first kappa shape index (κ1) is 19.9. The monoisotopic (exact) mass is 441 g/mol. The van der Waals surface area contributed by atoms with Gasteiger partial charge in [0.05, 0.1) is 16.9 Å². The Kier molecular flexibility index (Phi) is 5.43. The first-order chi connectivity index (χ1) is 14.4. The van der Waals surface area contributed by atoms with Gasteiger partial charge in [-0.15, -0.1) is 11.3 Å². The summed E-state index contributed by atoms with van der Waals surface area (Å²) in [5.74, 6) is -1.60. The molecule has 30 heavy (non-hydrogen) atoms. The summed E-state index contributed by atoms with van der Waals surface area (Å²) in [6, 6.07) is 12.7. The lowest BCUT2D eigenvalue weighted by molar-refractivity contribution is -0.130. The van der Waals surface area contributed by atoms with Crippen molar-refractivity contribution in [1.82, 2.24) is 4.98 Å². The zero-order valence-electron chi connectivity index (χ0n) is 15.5. The number of cyclic esters (lactones) is 1. The molecule has 2 heterocycles. The highest BCUT2D eigenvalue weighted by molar-refractivity contribution is 7.14. The third-order valence-electron chi connectivity index (χ3n) is 4.09. The van der Waals surface area contributed by atoms with Crippen LogP contribution in [-0.2, 0) is 14.3 Å². The summed E-state index contributed by atoms with van der Waals surface area (Å²) < 4.78 is 19.0. The fourth-order valence-electron chi connectivity index (χ4n) is 2.79. The first-order valence-electron chi connectivity index (χ1n) is 8.71. The quantitative estimate of drug-likeness (QED) is 0.423. The van der Waals surface area contributed by atoms with E-state index < -0.39 is 11.8 Å². The largest absolute Gasteiger partial charge is 0.402 e. The van der Waals surface area contributed by atoms with Crippen LogP contribution in [0.25, 0.3) is 6.08 Å². The van der Waals surface area contributed by atoms with E-state index in [-0.39, 0.29) is 23.1 Å². The van der Waals surface area contributed by atoms with Gasteiger partial charge in [0.25, 0.3) is 0 Å². The van der Waals surface area contributed by atoms with Gasteiger partial charge >= 0.3 is 5.97 Å². The summed E-state index contributed by atoms with van der Waals surface area (Å²) in [4.78, 5) is 34.3.